The molecule has 0 bridgehead atoms. The fourth-order valence-electron chi connectivity index (χ4n) is 2.16. The predicted octanol–water partition coefficient (Wildman–Crippen LogP) is 2.63. The molecule has 20 heavy (non-hydrogen) atoms. The third kappa shape index (κ3) is 3.00. The summed E-state index contributed by atoms with van der Waals surface area (Å²) in [6, 6.07) is 6.27. The lowest BCUT2D eigenvalue weighted by Gasteiger charge is -2.19. The molecule has 1 unspecified atom stereocenters. The average Bonchev–Trinajstić information content (AvgIpc) is 2.81. The van der Waals surface area contributed by atoms with Crippen LogP contribution in [0.25, 0.3) is 0 Å². The molecule has 1 aromatic heterocycles. The van der Waals surface area contributed by atoms with E-state index < -0.39 is 0 Å². The first-order chi connectivity index (χ1) is 9.69. The van der Waals surface area contributed by atoms with Gasteiger partial charge in [0.05, 0.1) is 36.1 Å². The highest BCUT2D eigenvalue weighted by Gasteiger charge is 2.23. The van der Waals surface area contributed by atoms with Crippen LogP contribution in [0.5, 0.6) is 0 Å². The molecule has 0 aliphatic rings. The normalized spacial score (nSPS) is 12.6. The van der Waals surface area contributed by atoms with Crippen molar-refractivity contribution < 1.29 is 9.13 Å². The van der Waals surface area contributed by atoms with Gasteiger partial charge in [0.25, 0.3) is 0 Å². The van der Waals surface area contributed by atoms with Crippen molar-refractivity contribution in [3.63, 3.8) is 0 Å². The summed E-state index contributed by atoms with van der Waals surface area (Å²) in [5, 5.41) is 7.82. The molecule has 1 aromatic carbocycles. The molecule has 108 valence electrons. The number of benzene rings is 1. The molecule has 0 fully saturated rings. The summed E-state index contributed by atoms with van der Waals surface area (Å²) in [5.74, 6) is -0.276. The minimum Gasteiger partial charge on any atom is -0.383 e. The maximum atomic E-state index is 14.0. The Hall–Kier alpha value is -1.43. The SMILES string of the molecule is CNC(c1ccccc1F)c1c(Cl)cnn1CCOC. The second kappa shape index (κ2) is 6.83. The lowest BCUT2D eigenvalue weighted by Crippen LogP contribution is -2.23. The molecule has 0 saturated carbocycles. The van der Waals surface area contributed by atoms with Crippen LogP contribution in [0.4, 0.5) is 4.39 Å². The molecule has 4 nitrogen and oxygen atoms in total. The minimum atomic E-state index is -0.358. The Morgan fingerprint density at radius 3 is 2.85 bits per heavy atom. The second-order valence-electron chi connectivity index (χ2n) is 4.34. The second-order valence-corrected chi connectivity index (χ2v) is 4.74. The zero-order valence-corrected chi connectivity index (χ0v) is 12.2. The van der Waals surface area contributed by atoms with E-state index in [4.69, 9.17) is 16.3 Å². The van der Waals surface area contributed by atoms with Gasteiger partial charge in [-0.05, 0) is 13.1 Å². The van der Waals surface area contributed by atoms with Crippen LogP contribution in [0.15, 0.2) is 30.5 Å². The molecule has 0 aliphatic heterocycles. The fourth-order valence-corrected chi connectivity index (χ4v) is 2.41. The average molecular weight is 298 g/mol. The summed E-state index contributed by atoms with van der Waals surface area (Å²) in [4.78, 5) is 0. The third-order valence-corrected chi connectivity index (χ3v) is 3.41. The maximum absolute atomic E-state index is 14.0. The van der Waals surface area contributed by atoms with E-state index in [1.165, 1.54) is 6.07 Å². The Balaban J connectivity index is 2.42. The number of rotatable bonds is 6. The first kappa shape index (κ1) is 15.0. The molecule has 0 radical (unpaired) electrons. The summed E-state index contributed by atoms with van der Waals surface area (Å²) in [6.07, 6.45) is 1.57. The molecule has 0 spiro atoms. The van der Waals surface area contributed by atoms with Crippen molar-refractivity contribution in [1.29, 1.82) is 0 Å². The zero-order chi connectivity index (χ0) is 14.5. The van der Waals surface area contributed by atoms with Gasteiger partial charge in [-0.1, -0.05) is 29.8 Å². The van der Waals surface area contributed by atoms with Gasteiger partial charge in [-0.15, -0.1) is 0 Å². The highest BCUT2D eigenvalue weighted by Crippen LogP contribution is 2.29. The van der Waals surface area contributed by atoms with Crippen LogP contribution < -0.4 is 5.32 Å². The predicted molar refractivity (Wildman–Crippen MR) is 76.4 cm³/mol. The van der Waals surface area contributed by atoms with Crippen LogP contribution in [0.1, 0.15) is 17.3 Å². The summed E-state index contributed by atoms with van der Waals surface area (Å²) >= 11 is 6.21. The first-order valence-electron chi connectivity index (χ1n) is 6.30. The monoisotopic (exact) mass is 297 g/mol. The van der Waals surface area contributed by atoms with Gasteiger partial charge in [0.15, 0.2) is 0 Å². The Labute approximate surface area is 122 Å². The van der Waals surface area contributed by atoms with Crippen LogP contribution in [0.3, 0.4) is 0 Å². The van der Waals surface area contributed by atoms with E-state index in [0.717, 1.165) is 5.69 Å². The molecule has 1 heterocycles. The van der Waals surface area contributed by atoms with Crippen molar-refractivity contribution in [2.24, 2.45) is 0 Å². The van der Waals surface area contributed by atoms with E-state index >= 15 is 0 Å². The number of halogens is 2. The Kier molecular flexibility index (Phi) is 5.11. The van der Waals surface area contributed by atoms with Gasteiger partial charge < -0.3 is 10.1 Å². The van der Waals surface area contributed by atoms with Gasteiger partial charge in [0, 0.05) is 12.7 Å². The number of hydrogen-bond acceptors (Lipinski definition) is 3. The van der Waals surface area contributed by atoms with E-state index in [9.17, 15) is 4.39 Å². The quantitative estimate of drug-likeness (QED) is 0.891. The minimum absolute atomic E-state index is 0.276. The number of hydrogen-bond donors (Lipinski definition) is 1. The first-order valence-corrected chi connectivity index (χ1v) is 6.68. The highest BCUT2D eigenvalue weighted by atomic mass is 35.5. The van der Waals surface area contributed by atoms with E-state index in [-0.39, 0.29) is 11.9 Å². The molecule has 0 saturated heterocycles. The van der Waals surface area contributed by atoms with Crippen LogP contribution in [-0.4, -0.2) is 30.5 Å². The zero-order valence-electron chi connectivity index (χ0n) is 11.4. The molecule has 2 aromatic rings. The van der Waals surface area contributed by atoms with Crippen molar-refractivity contribution in [2.45, 2.75) is 12.6 Å². The van der Waals surface area contributed by atoms with E-state index in [1.807, 2.05) is 0 Å². The van der Waals surface area contributed by atoms with Crippen molar-refractivity contribution in [3.8, 4) is 0 Å². The van der Waals surface area contributed by atoms with Crippen molar-refractivity contribution in [2.75, 3.05) is 20.8 Å². The molecule has 0 amide bonds. The highest BCUT2D eigenvalue weighted by molar-refractivity contribution is 6.31. The summed E-state index contributed by atoms with van der Waals surface area (Å²) in [5.41, 5.74) is 1.27. The Morgan fingerprint density at radius 1 is 1.45 bits per heavy atom. The van der Waals surface area contributed by atoms with Gasteiger partial charge in [-0.25, -0.2) is 4.39 Å². The lowest BCUT2D eigenvalue weighted by molar-refractivity contribution is 0.182. The van der Waals surface area contributed by atoms with E-state index in [2.05, 4.69) is 10.4 Å². The molecule has 2 rings (SSSR count). The molecule has 1 atom stereocenters. The van der Waals surface area contributed by atoms with Crippen molar-refractivity contribution >= 4 is 11.6 Å². The topological polar surface area (TPSA) is 39.1 Å². The number of nitrogens with zero attached hydrogens (tertiary/aromatic N) is 2. The third-order valence-electron chi connectivity index (χ3n) is 3.12. The smallest absolute Gasteiger partial charge is 0.128 e. The fraction of sp³-hybridized carbons (Fsp3) is 0.357. The van der Waals surface area contributed by atoms with Crippen molar-refractivity contribution in [1.82, 2.24) is 15.1 Å². The number of ether oxygens (including phenoxy) is 1. The molecule has 1 N–H and O–H groups in total. The Bertz CT molecular complexity index is 573. The number of aromatic nitrogens is 2. The van der Waals surface area contributed by atoms with Crippen LogP contribution in [-0.2, 0) is 11.3 Å². The van der Waals surface area contributed by atoms with Crippen LogP contribution >= 0.6 is 11.6 Å². The van der Waals surface area contributed by atoms with Gasteiger partial charge in [-0.3, -0.25) is 4.68 Å². The van der Waals surface area contributed by atoms with Crippen LogP contribution in [0.2, 0.25) is 5.02 Å². The van der Waals surface area contributed by atoms with Gasteiger partial charge in [0.1, 0.15) is 5.82 Å². The molecule has 6 heteroatoms. The summed E-state index contributed by atoms with van der Waals surface area (Å²) in [7, 11) is 3.39. The number of nitrogens with one attached hydrogen (secondary N) is 1. The molecule has 0 aliphatic carbocycles. The standard InChI is InChI=1S/C14H17ClFN3O/c1-17-13(10-5-3-4-6-12(10)16)14-11(15)9-18-19(14)7-8-20-2/h3-6,9,13,17H,7-8H2,1-2H3. The lowest BCUT2D eigenvalue weighted by atomic mass is 10.0. The molecular weight excluding hydrogens is 281 g/mol. The van der Waals surface area contributed by atoms with E-state index in [1.54, 1.807) is 43.2 Å². The summed E-state index contributed by atoms with van der Waals surface area (Å²) < 4.78 is 20.8. The Morgan fingerprint density at radius 2 is 2.20 bits per heavy atom. The van der Waals surface area contributed by atoms with E-state index in [0.29, 0.717) is 23.7 Å². The van der Waals surface area contributed by atoms with Gasteiger partial charge >= 0.3 is 0 Å². The van der Waals surface area contributed by atoms with Crippen molar-refractivity contribution in [3.05, 3.63) is 52.6 Å². The van der Waals surface area contributed by atoms with Gasteiger partial charge in [0.2, 0.25) is 0 Å². The van der Waals surface area contributed by atoms with Gasteiger partial charge in [-0.2, -0.15) is 5.10 Å². The largest absolute Gasteiger partial charge is 0.383 e. The maximum Gasteiger partial charge on any atom is 0.128 e. The van der Waals surface area contributed by atoms with Crippen LogP contribution in [0, 0.1) is 5.82 Å². The molecular formula is C14H17ClFN3O. The summed E-state index contributed by atoms with van der Waals surface area (Å²) in [6.45, 7) is 1.07. The number of methoxy groups -OCH3 is 1.